The Balaban J connectivity index is 2.07. The lowest BCUT2D eigenvalue weighted by Crippen LogP contribution is -2.31. The van der Waals surface area contributed by atoms with Gasteiger partial charge in [-0.2, -0.15) is 13.2 Å². The van der Waals surface area contributed by atoms with Crippen molar-refractivity contribution in [3.63, 3.8) is 0 Å². The predicted octanol–water partition coefficient (Wildman–Crippen LogP) is 3.15. The number of rotatable bonds is 3. The van der Waals surface area contributed by atoms with Crippen LogP contribution < -0.4 is 10.6 Å². The highest BCUT2D eigenvalue weighted by Gasteiger charge is 2.31. The maximum atomic E-state index is 12.6. The lowest BCUT2D eigenvalue weighted by molar-refractivity contribution is -0.137. The highest BCUT2D eigenvalue weighted by molar-refractivity contribution is 5.68. The van der Waals surface area contributed by atoms with Crippen LogP contribution in [0.1, 0.15) is 18.4 Å². The quantitative estimate of drug-likeness (QED) is 0.868. The standard InChI is InChI=1S/C14H19F3N2O/c1-19(8-10-3-2-6-20-9-10)13-5-4-11(7-12(13)18)14(15,16)17/h4-5,7,10H,2-3,6,8-9,18H2,1H3. The summed E-state index contributed by atoms with van der Waals surface area (Å²) < 4.78 is 43.2. The van der Waals surface area contributed by atoms with Gasteiger partial charge < -0.3 is 15.4 Å². The van der Waals surface area contributed by atoms with E-state index in [1.807, 2.05) is 11.9 Å². The molecule has 0 bridgehead atoms. The first kappa shape index (κ1) is 15.0. The van der Waals surface area contributed by atoms with E-state index in [1.54, 1.807) is 0 Å². The Morgan fingerprint density at radius 2 is 2.15 bits per heavy atom. The van der Waals surface area contributed by atoms with Crippen molar-refractivity contribution < 1.29 is 17.9 Å². The van der Waals surface area contributed by atoms with Crippen LogP contribution in [0.3, 0.4) is 0 Å². The molecule has 0 spiro atoms. The molecule has 6 heteroatoms. The summed E-state index contributed by atoms with van der Waals surface area (Å²) in [5.41, 5.74) is 5.82. The molecule has 1 fully saturated rings. The average Bonchev–Trinajstić information content (AvgIpc) is 2.38. The van der Waals surface area contributed by atoms with Crippen LogP contribution in [0.25, 0.3) is 0 Å². The van der Waals surface area contributed by atoms with Gasteiger partial charge in [0.15, 0.2) is 0 Å². The third-order valence-corrected chi connectivity index (χ3v) is 3.55. The van der Waals surface area contributed by atoms with Crippen LogP contribution in [0.15, 0.2) is 18.2 Å². The van der Waals surface area contributed by atoms with Crippen molar-refractivity contribution in [3.8, 4) is 0 Å². The van der Waals surface area contributed by atoms with Crippen molar-refractivity contribution in [3.05, 3.63) is 23.8 Å². The van der Waals surface area contributed by atoms with E-state index in [2.05, 4.69) is 0 Å². The summed E-state index contributed by atoms with van der Waals surface area (Å²) in [6, 6.07) is 3.49. The van der Waals surface area contributed by atoms with Gasteiger partial charge >= 0.3 is 6.18 Å². The second-order valence-corrected chi connectivity index (χ2v) is 5.24. The van der Waals surface area contributed by atoms with E-state index in [1.165, 1.54) is 6.07 Å². The van der Waals surface area contributed by atoms with Crippen LogP contribution in [0.5, 0.6) is 0 Å². The summed E-state index contributed by atoms with van der Waals surface area (Å²) in [6.45, 7) is 2.23. The number of nitrogen functional groups attached to an aromatic ring is 1. The highest BCUT2D eigenvalue weighted by atomic mass is 19.4. The maximum Gasteiger partial charge on any atom is 0.416 e. The molecule has 1 unspecified atom stereocenters. The van der Waals surface area contributed by atoms with E-state index >= 15 is 0 Å². The molecule has 2 N–H and O–H groups in total. The first-order chi connectivity index (χ1) is 9.38. The molecule has 1 aliphatic rings. The first-order valence-electron chi connectivity index (χ1n) is 6.63. The van der Waals surface area contributed by atoms with Crippen molar-refractivity contribution in [1.82, 2.24) is 0 Å². The highest BCUT2D eigenvalue weighted by Crippen LogP contribution is 2.34. The van der Waals surface area contributed by atoms with Gasteiger partial charge in [0, 0.05) is 20.2 Å². The van der Waals surface area contributed by atoms with Gasteiger partial charge in [-0.05, 0) is 37.0 Å². The van der Waals surface area contributed by atoms with Gasteiger partial charge in [0.25, 0.3) is 0 Å². The zero-order chi connectivity index (χ0) is 14.8. The zero-order valence-electron chi connectivity index (χ0n) is 11.4. The van der Waals surface area contributed by atoms with Gasteiger partial charge in [0.2, 0.25) is 0 Å². The largest absolute Gasteiger partial charge is 0.416 e. The van der Waals surface area contributed by atoms with Crippen molar-refractivity contribution in [2.45, 2.75) is 19.0 Å². The monoisotopic (exact) mass is 288 g/mol. The Morgan fingerprint density at radius 1 is 1.40 bits per heavy atom. The molecule has 1 heterocycles. The summed E-state index contributed by atoms with van der Waals surface area (Å²) >= 11 is 0. The van der Waals surface area contributed by atoms with Gasteiger partial charge in [-0.3, -0.25) is 0 Å². The van der Waals surface area contributed by atoms with E-state index in [-0.39, 0.29) is 5.69 Å². The van der Waals surface area contributed by atoms with E-state index in [0.29, 0.717) is 18.2 Å². The lowest BCUT2D eigenvalue weighted by Gasteiger charge is -2.29. The van der Waals surface area contributed by atoms with Crippen LogP contribution in [0.4, 0.5) is 24.5 Å². The fourth-order valence-electron chi connectivity index (χ4n) is 2.52. The Hall–Kier alpha value is -1.43. The number of hydrogen-bond acceptors (Lipinski definition) is 3. The number of hydrogen-bond donors (Lipinski definition) is 1. The molecule has 3 nitrogen and oxygen atoms in total. The summed E-state index contributed by atoms with van der Waals surface area (Å²) in [6.07, 6.45) is -2.26. The smallest absolute Gasteiger partial charge is 0.397 e. The van der Waals surface area contributed by atoms with E-state index in [4.69, 9.17) is 10.5 Å². The number of halogens is 3. The zero-order valence-corrected chi connectivity index (χ0v) is 11.4. The Labute approximate surface area is 116 Å². The van der Waals surface area contributed by atoms with Crippen LogP contribution in [-0.2, 0) is 10.9 Å². The summed E-state index contributed by atoms with van der Waals surface area (Å²) in [4.78, 5) is 1.90. The summed E-state index contributed by atoms with van der Waals surface area (Å²) in [7, 11) is 1.84. The molecule has 1 saturated heterocycles. The summed E-state index contributed by atoms with van der Waals surface area (Å²) in [5.74, 6) is 0.399. The van der Waals surface area contributed by atoms with Gasteiger partial charge in [-0.25, -0.2) is 0 Å². The van der Waals surface area contributed by atoms with Gasteiger partial charge in [-0.1, -0.05) is 0 Å². The van der Waals surface area contributed by atoms with Crippen LogP contribution in [0, 0.1) is 5.92 Å². The van der Waals surface area contributed by atoms with Crippen molar-refractivity contribution in [2.75, 3.05) is 37.4 Å². The SMILES string of the molecule is CN(CC1CCCOC1)c1ccc(C(F)(F)F)cc1N. The minimum Gasteiger partial charge on any atom is -0.397 e. The minimum atomic E-state index is -4.36. The number of benzene rings is 1. The molecule has 1 aromatic rings. The Morgan fingerprint density at radius 3 is 2.70 bits per heavy atom. The normalized spacial score (nSPS) is 19.9. The predicted molar refractivity (Wildman–Crippen MR) is 72.7 cm³/mol. The van der Waals surface area contributed by atoms with Crippen molar-refractivity contribution >= 4 is 11.4 Å². The second-order valence-electron chi connectivity index (χ2n) is 5.24. The molecule has 0 aromatic heterocycles. The van der Waals surface area contributed by atoms with Gasteiger partial charge in [0.1, 0.15) is 0 Å². The average molecular weight is 288 g/mol. The fourth-order valence-corrected chi connectivity index (χ4v) is 2.52. The lowest BCUT2D eigenvalue weighted by atomic mass is 10.0. The molecule has 0 radical (unpaired) electrons. The van der Waals surface area contributed by atoms with E-state index < -0.39 is 11.7 Å². The van der Waals surface area contributed by atoms with Gasteiger partial charge in [0.05, 0.1) is 23.5 Å². The molecule has 0 aliphatic carbocycles. The molecule has 1 aromatic carbocycles. The Bertz CT molecular complexity index is 456. The van der Waals surface area contributed by atoms with Crippen LogP contribution in [-0.4, -0.2) is 26.8 Å². The van der Waals surface area contributed by atoms with Gasteiger partial charge in [-0.15, -0.1) is 0 Å². The molecular weight excluding hydrogens is 269 g/mol. The third-order valence-electron chi connectivity index (χ3n) is 3.55. The van der Waals surface area contributed by atoms with E-state index in [0.717, 1.165) is 38.1 Å². The first-order valence-corrected chi connectivity index (χ1v) is 6.63. The van der Waals surface area contributed by atoms with Crippen molar-refractivity contribution in [2.24, 2.45) is 5.92 Å². The fraction of sp³-hybridized carbons (Fsp3) is 0.571. The van der Waals surface area contributed by atoms with Crippen LogP contribution in [0.2, 0.25) is 0 Å². The molecule has 0 saturated carbocycles. The number of anilines is 2. The number of ether oxygens (including phenoxy) is 1. The molecule has 2 rings (SSSR count). The molecule has 1 atom stereocenters. The number of alkyl halides is 3. The third kappa shape index (κ3) is 3.56. The topological polar surface area (TPSA) is 38.5 Å². The molecular formula is C14H19F3N2O. The molecule has 1 aliphatic heterocycles. The maximum absolute atomic E-state index is 12.6. The second kappa shape index (κ2) is 5.91. The number of nitrogens with zero attached hydrogens (tertiary/aromatic N) is 1. The molecule has 0 amide bonds. The number of nitrogens with two attached hydrogens (primary N) is 1. The van der Waals surface area contributed by atoms with Crippen LogP contribution >= 0.6 is 0 Å². The minimum absolute atomic E-state index is 0.152. The summed E-state index contributed by atoms with van der Waals surface area (Å²) in [5, 5.41) is 0. The van der Waals surface area contributed by atoms with Crippen molar-refractivity contribution in [1.29, 1.82) is 0 Å². The molecule has 20 heavy (non-hydrogen) atoms. The Kier molecular flexibility index (Phi) is 4.42. The van der Waals surface area contributed by atoms with E-state index in [9.17, 15) is 13.2 Å². The molecule has 112 valence electrons.